The van der Waals surface area contributed by atoms with Gasteiger partial charge in [-0.15, -0.1) is 0 Å². The van der Waals surface area contributed by atoms with E-state index in [0.717, 1.165) is 25.8 Å². The van der Waals surface area contributed by atoms with Crippen LogP contribution in [-0.2, 0) is 17.6 Å². The number of nitrogens with zero attached hydrogens (tertiary/aromatic N) is 2. The van der Waals surface area contributed by atoms with Gasteiger partial charge < -0.3 is 26.2 Å². The quantitative estimate of drug-likeness (QED) is 0.349. The fraction of sp³-hybridized carbons (Fsp3) is 0.250. The molecule has 0 bridgehead atoms. The minimum absolute atomic E-state index is 0.0762. The van der Waals surface area contributed by atoms with Crippen LogP contribution in [0.4, 0.5) is 16.2 Å². The number of rotatable bonds is 10. The van der Waals surface area contributed by atoms with E-state index < -0.39 is 6.03 Å². The van der Waals surface area contributed by atoms with Gasteiger partial charge in [-0.05, 0) is 48.6 Å². The Kier molecular flexibility index (Phi) is 8.18. The van der Waals surface area contributed by atoms with Crippen LogP contribution in [0.25, 0.3) is 0 Å². The summed E-state index contributed by atoms with van der Waals surface area (Å²) < 4.78 is 0. The monoisotopic (exact) mass is 484 g/mol. The second kappa shape index (κ2) is 11.9. The molecular formula is C28H32N6O2. The van der Waals surface area contributed by atoms with E-state index in [1.54, 1.807) is 24.3 Å². The second-order valence-corrected chi connectivity index (χ2v) is 8.95. The van der Waals surface area contributed by atoms with Crippen LogP contribution in [0.1, 0.15) is 17.5 Å². The predicted octanol–water partition coefficient (Wildman–Crippen LogP) is 3.91. The van der Waals surface area contributed by atoms with Gasteiger partial charge in [0.05, 0.1) is 6.04 Å². The molecule has 0 aromatic heterocycles. The van der Waals surface area contributed by atoms with Crippen LogP contribution in [0.3, 0.4) is 0 Å². The standard InChI is InChI=1S/C28H32N6O2/c29-27(36)32-24-15-7-14-23(18-24)31-26(35)20-33-19-25(17-22-11-5-2-6-12-22)34(28(33)30)16-8-13-21-9-3-1-4-10-21/h1-7,9-12,14-15,18,25,30H,8,13,16-17,19-20H2,(H,31,35)(H3,29,32,36)/t25-/m0/s1. The van der Waals surface area contributed by atoms with E-state index in [9.17, 15) is 9.59 Å². The summed E-state index contributed by atoms with van der Waals surface area (Å²) in [6.07, 6.45) is 2.68. The van der Waals surface area contributed by atoms with Gasteiger partial charge in [0.25, 0.3) is 0 Å². The van der Waals surface area contributed by atoms with E-state index in [1.807, 2.05) is 41.3 Å². The number of urea groups is 1. The third-order valence-electron chi connectivity index (χ3n) is 6.21. The van der Waals surface area contributed by atoms with Gasteiger partial charge in [-0.1, -0.05) is 66.7 Å². The van der Waals surface area contributed by atoms with Gasteiger partial charge in [-0.3, -0.25) is 10.2 Å². The van der Waals surface area contributed by atoms with Crippen LogP contribution < -0.4 is 16.4 Å². The molecule has 36 heavy (non-hydrogen) atoms. The number of nitrogens with one attached hydrogen (secondary N) is 3. The van der Waals surface area contributed by atoms with Crippen LogP contribution in [0.15, 0.2) is 84.9 Å². The number of carbonyl (C=O) groups is 2. The number of primary amides is 1. The molecule has 1 saturated heterocycles. The molecule has 3 aromatic rings. The molecule has 0 saturated carbocycles. The zero-order valence-corrected chi connectivity index (χ0v) is 20.2. The summed E-state index contributed by atoms with van der Waals surface area (Å²) in [4.78, 5) is 27.9. The average Bonchev–Trinajstić information content (AvgIpc) is 3.14. The number of aryl methyl sites for hydroxylation is 1. The topological polar surface area (TPSA) is 115 Å². The van der Waals surface area contributed by atoms with Crippen LogP contribution >= 0.6 is 0 Å². The van der Waals surface area contributed by atoms with E-state index in [4.69, 9.17) is 11.1 Å². The Hall–Kier alpha value is -4.33. The third kappa shape index (κ3) is 6.85. The largest absolute Gasteiger partial charge is 0.351 e. The summed E-state index contributed by atoms with van der Waals surface area (Å²) in [6, 6.07) is 26.9. The zero-order valence-electron chi connectivity index (χ0n) is 20.2. The van der Waals surface area contributed by atoms with Crippen molar-refractivity contribution in [3.8, 4) is 0 Å². The Bertz CT molecular complexity index is 1180. The van der Waals surface area contributed by atoms with E-state index in [1.165, 1.54) is 11.1 Å². The molecule has 186 valence electrons. The normalized spacial score (nSPS) is 15.1. The number of guanidine groups is 1. The molecule has 1 fully saturated rings. The molecule has 4 rings (SSSR count). The number of hydrogen-bond donors (Lipinski definition) is 4. The predicted molar refractivity (Wildman–Crippen MR) is 143 cm³/mol. The highest BCUT2D eigenvalue weighted by molar-refractivity contribution is 5.96. The molecule has 1 aliphatic heterocycles. The van der Waals surface area contributed by atoms with Crippen molar-refractivity contribution in [1.82, 2.24) is 9.80 Å². The average molecular weight is 485 g/mol. The molecule has 8 heteroatoms. The summed E-state index contributed by atoms with van der Waals surface area (Å²) in [6.45, 7) is 1.44. The van der Waals surface area contributed by atoms with Gasteiger partial charge in [0.15, 0.2) is 5.96 Å². The molecule has 1 heterocycles. The molecule has 8 nitrogen and oxygen atoms in total. The number of hydrogen-bond acceptors (Lipinski definition) is 3. The number of amides is 3. The highest BCUT2D eigenvalue weighted by Gasteiger charge is 2.35. The summed E-state index contributed by atoms with van der Waals surface area (Å²) in [5, 5.41) is 14.2. The van der Waals surface area contributed by atoms with E-state index in [-0.39, 0.29) is 18.5 Å². The maximum Gasteiger partial charge on any atom is 0.316 e. The van der Waals surface area contributed by atoms with Crippen molar-refractivity contribution in [2.75, 3.05) is 30.3 Å². The maximum atomic E-state index is 12.8. The van der Waals surface area contributed by atoms with Crippen molar-refractivity contribution in [2.24, 2.45) is 5.73 Å². The van der Waals surface area contributed by atoms with Crippen molar-refractivity contribution in [3.05, 3.63) is 96.1 Å². The summed E-state index contributed by atoms with van der Waals surface area (Å²) in [7, 11) is 0. The fourth-order valence-corrected chi connectivity index (χ4v) is 4.57. The minimum atomic E-state index is -0.666. The van der Waals surface area contributed by atoms with Crippen molar-refractivity contribution < 1.29 is 9.59 Å². The van der Waals surface area contributed by atoms with Crippen molar-refractivity contribution in [2.45, 2.75) is 25.3 Å². The molecule has 3 amide bonds. The molecule has 3 aromatic carbocycles. The SMILES string of the molecule is N=C1N(CC(=O)Nc2cccc(NC(N)=O)c2)C[C@H](Cc2ccccc2)N1CCCc1ccccc1. The van der Waals surface area contributed by atoms with Crippen molar-refractivity contribution >= 4 is 29.3 Å². The highest BCUT2D eigenvalue weighted by Crippen LogP contribution is 2.21. The Morgan fingerprint density at radius 1 is 0.889 bits per heavy atom. The number of benzene rings is 3. The number of carbonyl (C=O) groups excluding carboxylic acids is 2. The van der Waals surface area contributed by atoms with Crippen LogP contribution in [0.2, 0.25) is 0 Å². The molecule has 5 N–H and O–H groups in total. The molecular weight excluding hydrogens is 452 g/mol. The molecule has 0 aliphatic carbocycles. The molecule has 0 unspecified atom stereocenters. The second-order valence-electron chi connectivity index (χ2n) is 8.95. The summed E-state index contributed by atoms with van der Waals surface area (Å²) >= 11 is 0. The lowest BCUT2D eigenvalue weighted by Gasteiger charge is -2.25. The first-order chi connectivity index (χ1) is 17.5. The van der Waals surface area contributed by atoms with E-state index in [0.29, 0.717) is 23.9 Å². The smallest absolute Gasteiger partial charge is 0.316 e. The Labute approximate surface area is 211 Å². The van der Waals surface area contributed by atoms with E-state index in [2.05, 4.69) is 39.8 Å². The number of anilines is 2. The van der Waals surface area contributed by atoms with Gasteiger partial charge in [0.2, 0.25) is 5.91 Å². The fourth-order valence-electron chi connectivity index (χ4n) is 4.57. The van der Waals surface area contributed by atoms with Crippen LogP contribution in [0, 0.1) is 5.41 Å². The molecule has 0 spiro atoms. The van der Waals surface area contributed by atoms with Crippen LogP contribution in [0.5, 0.6) is 0 Å². The van der Waals surface area contributed by atoms with Crippen LogP contribution in [-0.4, -0.2) is 53.4 Å². The Balaban J connectivity index is 1.39. The first-order valence-corrected chi connectivity index (χ1v) is 12.1. The zero-order chi connectivity index (χ0) is 25.3. The molecule has 0 radical (unpaired) electrons. The first-order valence-electron chi connectivity index (χ1n) is 12.1. The number of nitrogens with two attached hydrogens (primary N) is 1. The third-order valence-corrected chi connectivity index (χ3v) is 6.21. The first kappa shape index (κ1) is 24.8. The summed E-state index contributed by atoms with van der Waals surface area (Å²) in [5.41, 5.74) is 8.73. The highest BCUT2D eigenvalue weighted by atomic mass is 16.2. The Morgan fingerprint density at radius 3 is 2.19 bits per heavy atom. The summed E-state index contributed by atoms with van der Waals surface area (Å²) in [5.74, 6) is 0.156. The molecule has 1 aliphatic rings. The molecule has 1 atom stereocenters. The van der Waals surface area contributed by atoms with Crippen molar-refractivity contribution in [3.63, 3.8) is 0 Å². The lowest BCUT2D eigenvalue weighted by atomic mass is 10.0. The lowest BCUT2D eigenvalue weighted by molar-refractivity contribution is -0.116. The maximum absolute atomic E-state index is 12.8. The van der Waals surface area contributed by atoms with E-state index >= 15 is 0 Å². The van der Waals surface area contributed by atoms with Gasteiger partial charge >= 0.3 is 6.03 Å². The van der Waals surface area contributed by atoms with Gasteiger partial charge in [0.1, 0.15) is 6.54 Å². The van der Waals surface area contributed by atoms with Gasteiger partial charge in [-0.25, -0.2) is 4.79 Å². The van der Waals surface area contributed by atoms with Gasteiger partial charge in [0, 0.05) is 24.5 Å². The Morgan fingerprint density at radius 2 is 1.53 bits per heavy atom. The van der Waals surface area contributed by atoms with Crippen molar-refractivity contribution in [1.29, 1.82) is 5.41 Å². The minimum Gasteiger partial charge on any atom is -0.351 e. The lowest BCUT2D eigenvalue weighted by Crippen LogP contribution is -2.39. The van der Waals surface area contributed by atoms with Gasteiger partial charge in [-0.2, -0.15) is 0 Å².